The zero-order chi connectivity index (χ0) is 47.7. The van der Waals surface area contributed by atoms with Gasteiger partial charge in [-0.15, -0.1) is 16.6 Å². The van der Waals surface area contributed by atoms with Gasteiger partial charge in [0.1, 0.15) is 17.8 Å². The molecule has 15 heteroatoms. The number of benzene rings is 2. The number of carbonyl (C=O) groups excluding carboxylic acids is 3. The van der Waals surface area contributed by atoms with E-state index in [0.29, 0.717) is 34.8 Å². The van der Waals surface area contributed by atoms with Crippen molar-refractivity contribution >= 4 is 29.2 Å². The lowest BCUT2D eigenvalue weighted by molar-refractivity contribution is -0.145. The van der Waals surface area contributed by atoms with Gasteiger partial charge < -0.3 is 45.8 Å². The molecule has 5 fully saturated rings. The summed E-state index contributed by atoms with van der Waals surface area (Å²) >= 11 is 0. The second kappa shape index (κ2) is 20.0. The van der Waals surface area contributed by atoms with Crippen molar-refractivity contribution in [3.05, 3.63) is 65.7 Å². The molecule has 0 unspecified atom stereocenters. The maximum atomic E-state index is 14.2. The predicted molar refractivity (Wildman–Crippen MR) is 264 cm³/mol. The molecule has 2 aliphatic carbocycles. The summed E-state index contributed by atoms with van der Waals surface area (Å²) in [5.74, 6) is 2.73. The van der Waals surface area contributed by atoms with E-state index < -0.39 is 23.6 Å². The Morgan fingerprint density at radius 2 is 1.69 bits per heavy atom. The Kier molecular flexibility index (Phi) is 14.0. The Hall–Kier alpha value is -5.27. The molecule has 0 radical (unpaired) electrons. The highest BCUT2D eigenvalue weighted by atomic mass is 16.3. The molecule has 5 heterocycles. The zero-order valence-corrected chi connectivity index (χ0v) is 40.5. The number of terminal acetylenes is 1. The van der Waals surface area contributed by atoms with Gasteiger partial charge in [-0.2, -0.15) is 0 Å². The van der Waals surface area contributed by atoms with Gasteiger partial charge in [-0.05, 0) is 118 Å². The van der Waals surface area contributed by atoms with Crippen LogP contribution in [-0.4, -0.2) is 160 Å². The van der Waals surface area contributed by atoms with Crippen LogP contribution in [0.1, 0.15) is 89.7 Å². The van der Waals surface area contributed by atoms with E-state index in [0.717, 1.165) is 101 Å². The average Bonchev–Trinajstić information content (AvgIpc) is 3.74. The molecule has 3 amide bonds. The Morgan fingerprint density at radius 3 is 2.40 bits per heavy atom. The second-order valence-electron chi connectivity index (χ2n) is 21.9. The van der Waals surface area contributed by atoms with Crippen molar-refractivity contribution in [1.29, 1.82) is 0 Å². The van der Waals surface area contributed by atoms with Crippen molar-refractivity contribution in [3.8, 4) is 29.4 Å². The van der Waals surface area contributed by atoms with Crippen LogP contribution in [0.4, 0.5) is 11.5 Å². The van der Waals surface area contributed by atoms with Crippen LogP contribution in [0.5, 0.6) is 5.75 Å². The number of piperazine rings is 1. The Morgan fingerprint density at radius 1 is 0.956 bits per heavy atom. The normalized spacial score (nSPS) is 27.1. The highest BCUT2D eigenvalue weighted by Crippen LogP contribution is 2.54. The molecule has 4 aliphatic heterocycles. The summed E-state index contributed by atoms with van der Waals surface area (Å²) in [7, 11) is 2.30. The van der Waals surface area contributed by atoms with Gasteiger partial charge in [-0.3, -0.25) is 19.3 Å². The van der Waals surface area contributed by atoms with Crippen molar-refractivity contribution in [3.63, 3.8) is 0 Å². The molecule has 2 saturated carbocycles. The quantitative estimate of drug-likeness (QED) is 0.164. The first-order valence-electron chi connectivity index (χ1n) is 25.1. The second-order valence-corrected chi connectivity index (χ2v) is 21.9. The van der Waals surface area contributed by atoms with Crippen LogP contribution in [0.25, 0.3) is 11.3 Å². The number of hydrogen-bond acceptors (Lipinski definition) is 12. The maximum absolute atomic E-state index is 14.2. The summed E-state index contributed by atoms with van der Waals surface area (Å²) in [6.07, 6.45) is 13.3. The summed E-state index contributed by atoms with van der Waals surface area (Å²) in [6, 6.07) is 16.6. The molecule has 6 aliphatic rings. The summed E-state index contributed by atoms with van der Waals surface area (Å²) in [4.78, 5) is 53.4. The predicted octanol–water partition coefficient (Wildman–Crippen LogP) is 4.29. The molecule has 68 heavy (non-hydrogen) atoms. The van der Waals surface area contributed by atoms with Crippen LogP contribution < -0.4 is 20.9 Å². The molecule has 364 valence electrons. The summed E-state index contributed by atoms with van der Waals surface area (Å²) in [6.45, 7) is 14.3. The number of aromatic nitrogens is 2. The highest BCUT2D eigenvalue weighted by molar-refractivity contribution is 5.93. The highest BCUT2D eigenvalue weighted by Gasteiger charge is 2.50. The van der Waals surface area contributed by atoms with Crippen LogP contribution in [-0.2, 0) is 20.9 Å². The number of β-amino-alcohol motifs (C(OH)–C–C–N with tert-alkyl or cyclic N) is 1. The third-order valence-electron chi connectivity index (χ3n) is 16.3. The van der Waals surface area contributed by atoms with Gasteiger partial charge in [0.15, 0.2) is 5.82 Å². The van der Waals surface area contributed by atoms with E-state index in [2.05, 4.69) is 64.8 Å². The van der Waals surface area contributed by atoms with E-state index in [1.54, 1.807) is 6.07 Å². The monoisotopic (exact) mass is 929 g/mol. The SMILES string of the molecule is C#Cc1ccc(CNC(=O)[C@@H]2C[C@@H](O)CN2C(=O)[C@@H](NC(=O)[C@H]2CCC3(CC2)C[C@H](N2CCC(N(C)CCN4CCN5c6cc(-c7ccccc7O)nnc6NC[C@H]5C4)CC2)C3)C(C)(C)C)cc1. The number of carbonyl (C=O) groups is 3. The van der Waals surface area contributed by atoms with Crippen molar-refractivity contribution < 1.29 is 24.6 Å². The summed E-state index contributed by atoms with van der Waals surface area (Å²) < 4.78 is 0. The molecule has 15 nitrogen and oxygen atoms in total. The number of phenolic OH excluding ortho intramolecular Hbond substituents is 1. The number of para-hydroxylation sites is 1. The van der Waals surface area contributed by atoms with Gasteiger partial charge in [0.25, 0.3) is 0 Å². The number of nitrogens with zero attached hydrogens (tertiary/aromatic N) is 7. The van der Waals surface area contributed by atoms with Crippen LogP contribution in [0, 0.1) is 29.1 Å². The Bertz CT molecular complexity index is 2320. The van der Waals surface area contributed by atoms with Gasteiger partial charge in [0.2, 0.25) is 17.7 Å². The van der Waals surface area contributed by atoms with E-state index in [9.17, 15) is 24.6 Å². The van der Waals surface area contributed by atoms with E-state index in [1.165, 1.54) is 30.6 Å². The first kappa shape index (κ1) is 47.8. The molecule has 5 N–H and O–H groups in total. The van der Waals surface area contributed by atoms with Crippen molar-refractivity contribution in [2.45, 2.75) is 121 Å². The topological polar surface area (TPSA) is 170 Å². The molecule has 1 spiro atoms. The first-order valence-corrected chi connectivity index (χ1v) is 25.1. The van der Waals surface area contributed by atoms with Gasteiger partial charge in [-0.1, -0.05) is 51.0 Å². The number of amides is 3. The fourth-order valence-electron chi connectivity index (χ4n) is 12.1. The number of aliphatic hydroxyl groups excluding tert-OH is 1. The van der Waals surface area contributed by atoms with Crippen molar-refractivity contribution in [1.82, 2.24) is 40.4 Å². The molecule has 3 aromatic rings. The number of phenols is 1. The number of rotatable bonds is 12. The third-order valence-corrected chi connectivity index (χ3v) is 16.3. The molecule has 4 atom stereocenters. The molecular formula is C53H72N10O5. The Labute approximate surface area is 402 Å². The molecule has 9 rings (SSSR count). The number of piperidine rings is 1. The fraction of sp³-hybridized carbons (Fsp3) is 0.604. The maximum Gasteiger partial charge on any atom is 0.246 e. The van der Waals surface area contributed by atoms with Crippen LogP contribution >= 0.6 is 0 Å². The van der Waals surface area contributed by atoms with Crippen LogP contribution in [0.3, 0.4) is 0 Å². The Balaban J connectivity index is 0.691. The summed E-state index contributed by atoms with van der Waals surface area (Å²) in [5, 5.41) is 39.5. The van der Waals surface area contributed by atoms with E-state index in [1.807, 2.05) is 63.2 Å². The zero-order valence-electron chi connectivity index (χ0n) is 40.5. The van der Waals surface area contributed by atoms with Gasteiger partial charge in [0.05, 0.1) is 23.5 Å². The first-order chi connectivity index (χ1) is 32.7. The van der Waals surface area contributed by atoms with Gasteiger partial charge >= 0.3 is 0 Å². The standard InChI is InChI=1S/C53H72N10O5/c1-6-35-11-13-36(14-12-35)31-55-50(67)45-27-41(64)34-63(45)51(68)47(52(2,3)4)56-49(66)37-15-19-53(20-16-37)29-39(30-53)61-21-17-38(18-22-61)59(5)23-24-60-25-26-62-40(33-60)32-54-48-44(62)28-43(57-58-48)42-9-7-8-10-46(42)65/h1,7-14,28,37-41,45,47,64-65H,15-27,29-34H2,2-5H3,(H,54,58)(H,55,67)(H,56,66)/t37-,39-,40-,41+,45-,47+,53?/m0/s1. The van der Waals surface area contributed by atoms with Crippen LogP contribution in [0.15, 0.2) is 54.6 Å². The van der Waals surface area contributed by atoms with E-state index in [4.69, 9.17) is 6.42 Å². The number of likely N-dealkylation sites (tertiary alicyclic amines) is 2. The molecule has 2 aromatic carbocycles. The van der Waals surface area contributed by atoms with E-state index in [-0.39, 0.29) is 48.9 Å². The fourth-order valence-corrected chi connectivity index (χ4v) is 12.1. The number of fused-ring (bicyclic) bond motifs is 3. The molecule has 1 aromatic heterocycles. The number of likely N-dealkylation sites (N-methyl/N-ethyl adjacent to an activating group) is 1. The number of anilines is 2. The lowest BCUT2D eigenvalue weighted by Gasteiger charge is -2.56. The number of nitrogens with one attached hydrogen (secondary N) is 3. The van der Waals surface area contributed by atoms with Crippen molar-refractivity contribution in [2.75, 3.05) is 76.2 Å². The third kappa shape index (κ3) is 10.3. The van der Waals surface area contributed by atoms with Gasteiger partial charge in [0, 0.05) is 87.9 Å². The van der Waals surface area contributed by atoms with Gasteiger partial charge in [-0.25, -0.2) is 0 Å². The number of aromatic hydroxyl groups is 1. The lowest BCUT2D eigenvalue weighted by atomic mass is 9.56. The van der Waals surface area contributed by atoms with Crippen molar-refractivity contribution in [2.24, 2.45) is 16.7 Å². The molecule has 0 bridgehead atoms. The minimum atomic E-state index is -0.828. The van der Waals surface area contributed by atoms with Crippen LogP contribution in [0.2, 0.25) is 0 Å². The molecular weight excluding hydrogens is 857 g/mol. The summed E-state index contributed by atoms with van der Waals surface area (Å²) in [5.41, 5.74) is 3.79. The smallest absolute Gasteiger partial charge is 0.246 e. The average molecular weight is 929 g/mol. The minimum absolute atomic E-state index is 0.0495. The largest absolute Gasteiger partial charge is 0.507 e. The number of hydrogen-bond donors (Lipinski definition) is 5. The molecule has 3 saturated heterocycles. The van der Waals surface area contributed by atoms with E-state index >= 15 is 0 Å². The number of aliphatic hydroxyl groups is 1. The lowest BCUT2D eigenvalue weighted by Crippen LogP contribution is -2.59. The minimum Gasteiger partial charge on any atom is -0.507 e.